The van der Waals surface area contributed by atoms with E-state index in [9.17, 15) is 16.8 Å². The Kier molecular flexibility index (Phi) is 4.22. The molecule has 1 N–H and O–H groups in total. The van der Waals surface area contributed by atoms with Crippen molar-refractivity contribution in [3.8, 4) is 0 Å². The van der Waals surface area contributed by atoms with Gasteiger partial charge in [0.15, 0.2) is 9.84 Å². The smallest absolute Gasteiger partial charge is 0.229 e. The standard InChI is InChI=1S/C13H19NO4S2/c1-10(2)11-3-5-13(6-4-11)20(17,18)14-12-7-8-19(15,16)9-12/h3-6,10,12,14H,7-9H2,1-2H3/t12-/m0/s1. The lowest BCUT2D eigenvalue weighted by Gasteiger charge is -2.12. The molecule has 1 aromatic rings. The summed E-state index contributed by atoms with van der Waals surface area (Å²) >= 11 is 0. The van der Waals surface area contributed by atoms with Crippen molar-refractivity contribution < 1.29 is 16.8 Å². The Morgan fingerprint density at radius 2 is 1.80 bits per heavy atom. The molecule has 2 rings (SSSR count). The first kappa shape index (κ1) is 15.5. The number of benzene rings is 1. The van der Waals surface area contributed by atoms with Gasteiger partial charge in [0.25, 0.3) is 0 Å². The molecule has 1 atom stereocenters. The molecule has 0 aromatic heterocycles. The van der Waals surface area contributed by atoms with E-state index in [2.05, 4.69) is 4.72 Å². The van der Waals surface area contributed by atoms with Crippen molar-refractivity contribution in [2.45, 2.75) is 37.1 Å². The topological polar surface area (TPSA) is 80.3 Å². The summed E-state index contributed by atoms with van der Waals surface area (Å²) in [4.78, 5) is 0.172. The highest BCUT2D eigenvalue weighted by Crippen LogP contribution is 2.19. The SMILES string of the molecule is CC(C)c1ccc(S(=O)(=O)N[C@H]2CCS(=O)(=O)C2)cc1. The van der Waals surface area contributed by atoms with E-state index >= 15 is 0 Å². The minimum Gasteiger partial charge on any atom is -0.229 e. The van der Waals surface area contributed by atoms with Crippen LogP contribution in [0.1, 0.15) is 31.7 Å². The number of rotatable bonds is 4. The first-order chi connectivity index (χ1) is 9.20. The fourth-order valence-corrected chi connectivity index (χ4v) is 5.26. The number of sulfone groups is 1. The minimum absolute atomic E-state index is 0.0481. The van der Waals surface area contributed by atoms with Gasteiger partial charge in [0.2, 0.25) is 10.0 Å². The fraction of sp³-hybridized carbons (Fsp3) is 0.538. The Morgan fingerprint density at radius 3 is 2.25 bits per heavy atom. The van der Waals surface area contributed by atoms with Gasteiger partial charge in [-0.1, -0.05) is 26.0 Å². The van der Waals surface area contributed by atoms with Crippen molar-refractivity contribution in [2.24, 2.45) is 0 Å². The molecular formula is C13H19NO4S2. The Bertz CT molecular complexity index is 676. The first-order valence-corrected chi connectivity index (χ1v) is 9.83. The first-order valence-electron chi connectivity index (χ1n) is 6.52. The molecule has 0 radical (unpaired) electrons. The lowest BCUT2D eigenvalue weighted by Crippen LogP contribution is -2.35. The molecule has 20 heavy (non-hydrogen) atoms. The van der Waals surface area contributed by atoms with Crippen LogP contribution in [0.2, 0.25) is 0 Å². The second kappa shape index (κ2) is 5.46. The normalized spacial score (nSPS) is 22.2. The van der Waals surface area contributed by atoms with E-state index in [-0.39, 0.29) is 16.4 Å². The largest absolute Gasteiger partial charge is 0.240 e. The van der Waals surface area contributed by atoms with Crippen LogP contribution in [0.4, 0.5) is 0 Å². The van der Waals surface area contributed by atoms with Gasteiger partial charge in [0.05, 0.1) is 16.4 Å². The van der Waals surface area contributed by atoms with Gasteiger partial charge in [-0.2, -0.15) is 0 Å². The van der Waals surface area contributed by atoms with E-state index in [1.54, 1.807) is 24.3 Å². The summed E-state index contributed by atoms with van der Waals surface area (Å²) in [6, 6.07) is 6.16. The Morgan fingerprint density at radius 1 is 1.20 bits per heavy atom. The van der Waals surface area contributed by atoms with Crippen molar-refractivity contribution in [1.29, 1.82) is 0 Å². The molecule has 1 aliphatic heterocycles. The molecule has 0 bridgehead atoms. The molecule has 7 heteroatoms. The monoisotopic (exact) mass is 317 g/mol. The summed E-state index contributed by atoms with van der Waals surface area (Å²) in [6.45, 7) is 4.07. The van der Waals surface area contributed by atoms with E-state index < -0.39 is 25.9 Å². The molecule has 0 saturated carbocycles. The van der Waals surface area contributed by atoms with Gasteiger partial charge >= 0.3 is 0 Å². The number of sulfonamides is 1. The molecule has 0 amide bonds. The molecule has 1 fully saturated rings. The number of nitrogens with one attached hydrogen (secondary N) is 1. The Labute approximate surface area is 120 Å². The maximum Gasteiger partial charge on any atom is 0.240 e. The molecule has 1 aliphatic rings. The highest BCUT2D eigenvalue weighted by molar-refractivity contribution is 7.92. The molecule has 112 valence electrons. The van der Waals surface area contributed by atoms with Gasteiger partial charge < -0.3 is 0 Å². The summed E-state index contributed by atoms with van der Waals surface area (Å²) in [7, 11) is -6.75. The molecule has 1 saturated heterocycles. The van der Waals surface area contributed by atoms with Gasteiger partial charge in [-0.15, -0.1) is 0 Å². The van der Waals surface area contributed by atoms with Crippen molar-refractivity contribution in [3.05, 3.63) is 29.8 Å². The molecule has 0 aliphatic carbocycles. The van der Waals surface area contributed by atoms with Crippen LogP contribution >= 0.6 is 0 Å². The number of hydrogen-bond donors (Lipinski definition) is 1. The van der Waals surface area contributed by atoms with Gasteiger partial charge in [0.1, 0.15) is 0 Å². The van der Waals surface area contributed by atoms with Gasteiger partial charge in [-0.05, 0) is 30.0 Å². The van der Waals surface area contributed by atoms with Gasteiger partial charge in [-0.3, -0.25) is 0 Å². The van der Waals surface area contributed by atoms with Crippen LogP contribution < -0.4 is 4.72 Å². The van der Waals surface area contributed by atoms with Crippen LogP contribution in [0.25, 0.3) is 0 Å². The third kappa shape index (κ3) is 3.59. The summed E-state index contributed by atoms with van der Waals surface area (Å²) in [6.07, 6.45) is 0.339. The van der Waals surface area contributed by atoms with Crippen molar-refractivity contribution in [2.75, 3.05) is 11.5 Å². The van der Waals surface area contributed by atoms with E-state index in [0.717, 1.165) is 5.56 Å². The zero-order chi connectivity index (χ0) is 15.0. The highest BCUT2D eigenvalue weighted by atomic mass is 32.2. The van der Waals surface area contributed by atoms with E-state index in [4.69, 9.17) is 0 Å². The third-order valence-electron chi connectivity index (χ3n) is 3.41. The summed E-state index contributed by atoms with van der Waals surface area (Å²) in [5, 5.41) is 0. The Balaban J connectivity index is 2.14. The van der Waals surface area contributed by atoms with Crippen LogP contribution in [-0.4, -0.2) is 34.4 Å². The molecule has 1 heterocycles. The van der Waals surface area contributed by atoms with E-state index in [0.29, 0.717) is 12.3 Å². The van der Waals surface area contributed by atoms with E-state index in [1.807, 2.05) is 13.8 Å². The van der Waals surface area contributed by atoms with Gasteiger partial charge in [0, 0.05) is 6.04 Å². The summed E-state index contributed by atoms with van der Waals surface area (Å²) in [5.41, 5.74) is 1.06. The highest BCUT2D eigenvalue weighted by Gasteiger charge is 2.31. The molecule has 1 aromatic carbocycles. The quantitative estimate of drug-likeness (QED) is 0.907. The minimum atomic E-state index is -3.65. The molecule has 0 spiro atoms. The predicted molar refractivity (Wildman–Crippen MR) is 77.9 cm³/mol. The zero-order valence-corrected chi connectivity index (χ0v) is 13.2. The van der Waals surface area contributed by atoms with E-state index in [1.165, 1.54) is 0 Å². The van der Waals surface area contributed by atoms with Crippen LogP contribution in [0.3, 0.4) is 0 Å². The lowest BCUT2D eigenvalue weighted by atomic mass is 10.0. The van der Waals surface area contributed by atoms with Gasteiger partial charge in [-0.25, -0.2) is 21.6 Å². The maximum absolute atomic E-state index is 12.2. The summed E-state index contributed by atoms with van der Waals surface area (Å²) in [5.74, 6) is 0.266. The zero-order valence-electron chi connectivity index (χ0n) is 11.5. The number of hydrogen-bond acceptors (Lipinski definition) is 4. The molecular weight excluding hydrogens is 298 g/mol. The average Bonchev–Trinajstić information content (AvgIpc) is 2.68. The Hall–Kier alpha value is -0.920. The lowest BCUT2D eigenvalue weighted by molar-refractivity contribution is 0.562. The average molecular weight is 317 g/mol. The van der Waals surface area contributed by atoms with Crippen molar-refractivity contribution in [1.82, 2.24) is 4.72 Å². The molecule has 5 nitrogen and oxygen atoms in total. The van der Waals surface area contributed by atoms with Crippen molar-refractivity contribution in [3.63, 3.8) is 0 Å². The van der Waals surface area contributed by atoms with Crippen molar-refractivity contribution >= 4 is 19.9 Å². The second-order valence-electron chi connectivity index (χ2n) is 5.44. The van der Waals surface area contributed by atoms with Crippen LogP contribution in [0.5, 0.6) is 0 Å². The summed E-state index contributed by atoms with van der Waals surface area (Å²) < 4.78 is 49.5. The fourth-order valence-electron chi connectivity index (χ4n) is 2.21. The third-order valence-corrected chi connectivity index (χ3v) is 6.72. The van der Waals surface area contributed by atoms with Crippen LogP contribution in [-0.2, 0) is 19.9 Å². The molecule has 0 unspecified atom stereocenters. The van der Waals surface area contributed by atoms with Crippen LogP contribution in [0.15, 0.2) is 29.2 Å². The maximum atomic E-state index is 12.2. The van der Waals surface area contributed by atoms with Crippen LogP contribution in [0, 0.1) is 0 Å². The second-order valence-corrected chi connectivity index (χ2v) is 9.39. The predicted octanol–water partition coefficient (Wildman–Crippen LogP) is 1.28.